The van der Waals surface area contributed by atoms with Crippen molar-refractivity contribution in [1.29, 1.82) is 0 Å². The molecule has 0 bridgehead atoms. The highest BCUT2D eigenvalue weighted by Crippen LogP contribution is 2.20. The summed E-state index contributed by atoms with van der Waals surface area (Å²) in [5.74, 6) is -0.387. The first-order chi connectivity index (χ1) is 17.0. The van der Waals surface area contributed by atoms with Crippen molar-refractivity contribution >= 4 is 17.8 Å². The number of nitrogens with one attached hydrogen (secondary N) is 1. The quantitative estimate of drug-likeness (QED) is 0.357. The Morgan fingerprint density at radius 1 is 1.14 bits per heavy atom. The number of carboxylic acids is 1. The molecule has 2 N–H and O–H groups in total. The van der Waals surface area contributed by atoms with Gasteiger partial charge in [-0.2, -0.15) is 5.21 Å². The third-order valence-electron chi connectivity index (χ3n) is 5.72. The number of carboxylic acid groups (broad SMARTS) is 1. The van der Waals surface area contributed by atoms with E-state index in [2.05, 4.69) is 37.5 Å². The number of rotatable bonds is 10. The Kier molecular flexibility index (Phi) is 7.24. The van der Waals surface area contributed by atoms with Gasteiger partial charge in [0.2, 0.25) is 0 Å². The van der Waals surface area contributed by atoms with Crippen LogP contribution in [-0.2, 0) is 19.5 Å². The Morgan fingerprint density at radius 3 is 2.60 bits per heavy atom. The van der Waals surface area contributed by atoms with Gasteiger partial charge in [0.1, 0.15) is 11.5 Å². The van der Waals surface area contributed by atoms with Gasteiger partial charge in [-0.1, -0.05) is 36.6 Å². The maximum Gasteiger partial charge on any atom is 0.335 e. The number of amides is 1. The lowest BCUT2D eigenvalue weighted by molar-refractivity contribution is 0.0696. The topological polar surface area (TPSA) is 143 Å². The van der Waals surface area contributed by atoms with E-state index in [0.29, 0.717) is 18.7 Å². The van der Waals surface area contributed by atoms with Gasteiger partial charge in [0.15, 0.2) is 0 Å². The zero-order valence-corrected chi connectivity index (χ0v) is 19.5. The molecular weight excluding hydrogens is 448 g/mol. The summed E-state index contributed by atoms with van der Waals surface area (Å²) in [4.78, 5) is 35.4. The van der Waals surface area contributed by atoms with Gasteiger partial charge in [0, 0.05) is 24.9 Å². The lowest BCUT2D eigenvalue weighted by atomic mass is 10.1. The molecular formula is C24H26N8O3. The molecule has 0 fully saturated rings. The van der Waals surface area contributed by atoms with E-state index in [1.54, 1.807) is 36.7 Å². The highest BCUT2D eigenvalue weighted by Gasteiger charge is 2.27. The second kappa shape index (κ2) is 10.7. The van der Waals surface area contributed by atoms with Crippen molar-refractivity contribution in [3.63, 3.8) is 0 Å². The van der Waals surface area contributed by atoms with Gasteiger partial charge in [0.05, 0.1) is 18.3 Å². The van der Waals surface area contributed by atoms with Crippen LogP contribution in [0.25, 0.3) is 0 Å². The van der Waals surface area contributed by atoms with Crippen LogP contribution in [0.15, 0.2) is 48.8 Å². The van der Waals surface area contributed by atoms with Gasteiger partial charge in [0.25, 0.3) is 11.9 Å². The number of H-pyrrole nitrogens is 1. The zero-order valence-electron chi connectivity index (χ0n) is 19.5. The average Bonchev–Trinajstić information content (AvgIpc) is 3.53. The van der Waals surface area contributed by atoms with Crippen LogP contribution in [0.5, 0.6) is 0 Å². The van der Waals surface area contributed by atoms with Gasteiger partial charge < -0.3 is 9.67 Å². The van der Waals surface area contributed by atoms with Crippen molar-refractivity contribution in [1.82, 2.24) is 35.2 Å². The summed E-state index contributed by atoms with van der Waals surface area (Å²) in [6.07, 6.45) is 5.89. The highest BCUT2D eigenvalue weighted by molar-refractivity contribution is 6.03. The molecule has 0 saturated heterocycles. The molecule has 0 saturated carbocycles. The SMILES string of the molecule is CCCCc1ncc(C(=O)N(Cc2cccnc2C)c2nn[nH]n2)n1Cc1ccc(C(=O)O)cc1. The van der Waals surface area contributed by atoms with Crippen molar-refractivity contribution in [2.45, 2.75) is 46.2 Å². The molecule has 180 valence electrons. The summed E-state index contributed by atoms with van der Waals surface area (Å²) in [6.45, 7) is 4.55. The number of aryl methyl sites for hydroxylation is 2. The van der Waals surface area contributed by atoms with Crippen LogP contribution in [0, 0.1) is 6.92 Å². The number of aromatic amines is 1. The number of carbonyl (C=O) groups is 2. The van der Waals surface area contributed by atoms with E-state index >= 15 is 0 Å². The zero-order chi connectivity index (χ0) is 24.8. The predicted molar refractivity (Wildman–Crippen MR) is 127 cm³/mol. The molecule has 0 aliphatic heterocycles. The first kappa shape index (κ1) is 23.7. The minimum atomic E-state index is -0.986. The first-order valence-corrected chi connectivity index (χ1v) is 11.3. The highest BCUT2D eigenvalue weighted by atomic mass is 16.4. The Balaban J connectivity index is 1.70. The fraction of sp³-hybridized carbons (Fsp3) is 0.292. The number of imidazole rings is 1. The van der Waals surface area contributed by atoms with Crippen molar-refractivity contribution in [3.8, 4) is 0 Å². The molecule has 3 heterocycles. The number of pyridine rings is 1. The monoisotopic (exact) mass is 474 g/mol. The number of nitrogens with zero attached hydrogens (tertiary/aromatic N) is 7. The fourth-order valence-corrected chi connectivity index (χ4v) is 3.73. The number of unbranched alkanes of at least 4 members (excludes halogenated alkanes) is 1. The van der Waals surface area contributed by atoms with E-state index in [1.165, 1.54) is 4.90 Å². The molecule has 11 nitrogen and oxygen atoms in total. The van der Waals surface area contributed by atoms with Crippen LogP contribution >= 0.6 is 0 Å². The number of aromatic carboxylic acids is 1. The van der Waals surface area contributed by atoms with Gasteiger partial charge >= 0.3 is 5.97 Å². The molecule has 0 aliphatic carbocycles. The van der Waals surface area contributed by atoms with Gasteiger partial charge in [-0.25, -0.2) is 9.78 Å². The standard InChI is InChI=1S/C24H26N8O3/c1-3-4-7-21-26-13-20(31(21)14-17-8-10-18(11-9-17)23(34)35)22(33)32(24-27-29-30-28-24)15-19-6-5-12-25-16(19)2/h5-6,8-13H,3-4,7,14-15H2,1-2H3,(H,34,35)(H,27,28,29,30). The molecule has 4 rings (SSSR count). The van der Waals surface area contributed by atoms with Crippen molar-refractivity contribution < 1.29 is 14.7 Å². The third kappa shape index (κ3) is 5.40. The molecule has 11 heteroatoms. The minimum absolute atomic E-state index is 0.145. The molecule has 0 atom stereocenters. The van der Waals surface area contributed by atoms with Crippen LogP contribution in [0.2, 0.25) is 0 Å². The van der Waals surface area contributed by atoms with E-state index in [4.69, 9.17) is 0 Å². The molecule has 1 amide bonds. The summed E-state index contributed by atoms with van der Waals surface area (Å²) in [7, 11) is 0. The smallest absolute Gasteiger partial charge is 0.335 e. The Morgan fingerprint density at radius 2 is 1.94 bits per heavy atom. The average molecular weight is 475 g/mol. The van der Waals surface area contributed by atoms with Crippen LogP contribution in [0.1, 0.15) is 63.3 Å². The van der Waals surface area contributed by atoms with Gasteiger partial charge in [-0.15, -0.1) is 5.10 Å². The maximum absolute atomic E-state index is 13.8. The first-order valence-electron chi connectivity index (χ1n) is 11.3. The molecule has 0 aliphatic rings. The number of tetrazole rings is 1. The van der Waals surface area contributed by atoms with E-state index in [9.17, 15) is 14.7 Å². The predicted octanol–water partition coefficient (Wildman–Crippen LogP) is 3.04. The second-order valence-corrected chi connectivity index (χ2v) is 8.10. The lowest BCUT2D eigenvalue weighted by Gasteiger charge is -2.21. The molecule has 1 aromatic carbocycles. The number of carbonyl (C=O) groups excluding carboxylic acids is 1. The van der Waals surface area contributed by atoms with Crippen LogP contribution in [0.3, 0.4) is 0 Å². The third-order valence-corrected chi connectivity index (χ3v) is 5.72. The number of benzene rings is 1. The molecule has 3 aromatic heterocycles. The Bertz CT molecular complexity index is 1300. The normalized spacial score (nSPS) is 10.9. The number of hydrogen-bond acceptors (Lipinski definition) is 7. The maximum atomic E-state index is 13.8. The number of anilines is 1. The van der Waals surface area contributed by atoms with Crippen molar-refractivity contribution in [2.24, 2.45) is 0 Å². The largest absolute Gasteiger partial charge is 0.478 e. The number of aromatic nitrogens is 7. The molecule has 4 aromatic rings. The van der Waals surface area contributed by atoms with Crippen LogP contribution in [-0.4, -0.2) is 52.1 Å². The Hall–Kier alpha value is -4.41. The van der Waals surface area contributed by atoms with E-state index in [0.717, 1.165) is 35.5 Å². The summed E-state index contributed by atoms with van der Waals surface area (Å²) >= 11 is 0. The molecule has 0 radical (unpaired) electrons. The molecule has 0 unspecified atom stereocenters. The molecule has 35 heavy (non-hydrogen) atoms. The van der Waals surface area contributed by atoms with E-state index in [1.807, 2.05) is 23.6 Å². The lowest BCUT2D eigenvalue weighted by Crippen LogP contribution is -2.33. The Labute approximate surface area is 201 Å². The van der Waals surface area contributed by atoms with Crippen molar-refractivity contribution in [3.05, 3.63) is 82.7 Å². The fourth-order valence-electron chi connectivity index (χ4n) is 3.73. The van der Waals surface area contributed by atoms with E-state index in [-0.39, 0.29) is 24.0 Å². The van der Waals surface area contributed by atoms with Crippen molar-refractivity contribution in [2.75, 3.05) is 4.90 Å². The molecule has 0 spiro atoms. The number of hydrogen-bond donors (Lipinski definition) is 2. The minimum Gasteiger partial charge on any atom is -0.478 e. The summed E-state index contributed by atoms with van der Waals surface area (Å²) in [5, 5.41) is 23.3. The van der Waals surface area contributed by atoms with E-state index < -0.39 is 5.97 Å². The second-order valence-electron chi connectivity index (χ2n) is 8.10. The summed E-state index contributed by atoms with van der Waals surface area (Å²) in [6, 6.07) is 10.3. The summed E-state index contributed by atoms with van der Waals surface area (Å²) in [5.41, 5.74) is 3.09. The van der Waals surface area contributed by atoms with Crippen LogP contribution < -0.4 is 4.90 Å². The summed E-state index contributed by atoms with van der Waals surface area (Å²) < 4.78 is 1.87. The van der Waals surface area contributed by atoms with Gasteiger partial charge in [-0.05, 0) is 47.9 Å². The van der Waals surface area contributed by atoms with Crippen LogP contribution in [0.4, 0.5) is 5.95 Å². The van der Waals surface area contributed by atoms with Gasteiger partial charge in [-0.3, -0.25) is 14.7 Å².